The van der Waals surface area contributed by atoms with Crippen molar-refractivity contribution in [2.24, 2.45) is 5.92 Å². The Labute approximate surface area is 186 Å². The molecule has 1 aromatic carbocycles. The summed E-state index contributed by atoms with van der Waals surface area (Å²) < 4.78 is 16.8. The predicted molar refractivity (Wildman–Crippen MR) is 115 cm³/mol. The van der Waals surface area contributed by atoms with Crippen LogP contribution in [0.1, 0.15) is 12.8 Å². The smallest absolute Gasteiger partial charge is 0.437 e. The van der Waals surface area contributed by atoms with E-state index in [0.717, 1.165) is 9.56 Å². The Morgan fingerprint density at radius 3 is 2.75 bits per heavy atom. The Balaban J connectivity index is 1.15. The van der Waals surface area contributed by atoms with Crippen molar-refractivity contribution in [3.63, 3.8) is 0 Å². The number of thiophene rings is 1. The van der Waals surface area contributed by atoms with Crippen LogP contribution in [0.25, 0.3) is 10.8 Å². The van der Waals surface area contributed by atoms with Crippen molar-refractivity contribution in [1.29, 1.82) is 0 Å². The van der Waals surface area contributed by atoms with E-state index >= 15 is 0 Å². The number of ether oxygens (including phenoxy) is 2. The van der Waals surface area contributed by atoms with Gasteiger partial charge >= 0.3 is 5.76 Å². The summed E-state index contributed by atoms with van der Waals surface area (Å²) in [6.45, 7) is 0.849. The van der Waals surface area contributed by atoms with E-state index in [2.05, 4.69) is 10.4 Å². The summed E-state index contributed by atoms with van der Waals surface area (Å²) in [5.74, 6) is 0.273. The molecule has 10 nitrogen and oxygen atoms in total. The maximum atomic E-state index is 12.7. The molecule has 1 N–H and O–H groups in total. The number of nitrogens with zero attached hydrogens (tertiary/aromatic N) is 3. The maximum absolute atomic E-state index is 12.7. The van der Waals surface area contributed by atoms with E-state index in [1.807, 2.05) is 11.4 Å². The molecule has 1 fully saturated rings. The summed E-state index contributed by atoms with van der Waals surface area (Å²) in [6.07, 6.45) is 1.08. The van der Waals surface area contributed by atoms with Crippen molar-refractivity contribution in [1.82, 2.24) is 14.7 Å². The first-order valence-corrected chi connectivity index (χ1v) is 11.0. The number of fused-ring (bicyclic) bond motifs is 1. The fourth-order valence-corrected chi connectivity index (χ4v) is 4.39. The van der Waals surface area contributed by atoms with E-state index in [1.54, 1.807) is 29.2 Å². The average molecular weight is 456 g/mol. The number of carbonyl (C=O) groups excluding carboxylic acids is 2. The Morgan fingerprint density at radius 2 is 1.97 bits per heavy atom. The van der Waals surface area contributed by atoms with Crippen LogP contribution in [-0.2, 0) is 16.1 Å². The third-order valence-electron chi connectivity index (χ3n) is 5.48. The lowest BCUT2D eigenvalue weighted by Crippen LogP contribution is -2.43. The molecule has 0 radical (unpaired) electrons. The van der Waals surface area contributed by atoms with Gasteiger partial charge in [0.1, 0.15) is 6.54 Å². The van der Waals surface area contributed by atoms with Crippen LogP contribution in [0.3, 0.4) is 0 Å². The zero-order valence-electron chi connectivity index (χ0n) is 17.0. The minimum atomic E-state index is -0.667. The van der Waals surface area contributed by atoms with Crippen LogP contribution in [0.2, 0.25) is 0 Å². The number of piperidine rings is 1. The molecule has 0 saturated carbocycles. The standard InChI is InChI=1S/C21H20N4O6S/c26-18(11-25-21(28)31-20(23-25)17-2-1-9-32-17)24-7-5-13(6-8-24)19(27)22-14-3-4-15-16(10-14)30-12-29-15/h1-4,9-10,13H,5-8,11-12H2,(H,22,27). The highest BCUT2D eigenvalue weighted by Gasteiger charge is 2.28. The minimum Gasteiger partial charge on any atom is -0.454 e. The lowest BCUT2D eigenvalue weighted by Gasteiger charge is -2.31. The lowest BCUT2D eigenvalue weighted by atomic mass is 9.95. The third kappa shape index (κ3) is 4.11. The number of anilines is 1. The highest BCUT2D eigenvalue weighted by atomic mass is 32.1. The minimum absolute atomic E-state index is 0.0933. The Morgan fingerprint density at radius 1 is 1.16 bits per heavy atom. The van der Waals surface area contributed by atoms with Crippen LogP contribution in [0.15, 0.2) is 44.9 Å². The van der Waals surface area contributed by atoms with Crippen molar-refractivity contribution in [2.75, 3.05) is 25.2 Å². The fourth-order valence-electron chi connectivity index (χ4n) is 3.74. The topological polar surface area (TPSA) is 116 Å². The van der Waals surface area contributed by atoms with Crippen LogP contribution in [-0.4, -0.2) is 46.4 Å². The SMILES string of the molecule is O=C(Nc1ccc2c(c1)OCO2)C1CCN(C(=O)Cn2nc(-c3cccs3)oc2=O)CC1. The number of amides is 2. The van der Waals surface area contributed by atoms with Crippen molar-refractivity contribution in [3.05, 3.63) is 46.3 Å². The van der Waals surface area contributed by atoms with E-state index in [1.165, 1.54) is 11.3 Å². The molecule has 2 aromatic heterocycles. The van der Waals surface area contributed by atoms with Gasteiger partial charge in [-0.15, -0.1) is 16.4 Å². The summed E-state index contributed by atoms with van der Waals surface area (Å²) in [6, 6.07) is 8.89. The second kappa shape index (κ2) is 8.50. The number of rotatable bonds is 5. The summed E-state index contributed by atoms with van der Waals surface area (Å²) in [7, 11) is 0. The summed E-state index contributed by atoms with van der Waals surface area (Å²) in [5, 5.41) is 8.88. The molecule has 0 aliphatic carbocycles. The third-order valence-corrected chi connectivity index (χ3v) is 6.34. The molecule has 2 aliphatic rings. The van der Waals surface area contributed by atoms with Crippen molar-refractivity contribution in [2.45, 2.75) is 19.4 Å². The van der Waals surface area contributed by atoms with Crippen LogP contribution in [0.4, 0.5) is 5.69 Å². The largest absolute Gasteiger partial charge is 0.454 e. The summed E-state index contributed by atoms with van der Waals surface area (Å²) in [4.78, 5) is 39.7. The zero-order chi connectivity index (χ0) is 22.1. The Bertz CT molecular complexity index is 1190. The lowest BCUT2D eigenvalue weighted by molar-refractivity contribution is -0.135. The molecule has 4 heterocycles. The van der Waals surface area contributed by atoms with Crippen molar-refractivity contribution < 1.29 is 23.5 Å². The highest BCUT2D eigenvalue weighted by molar-refractivity contribution is 7.13. The van der Waals surface area contributed by atoms with E-state index in [4.69, 9.17) is 13.9 Å². The van der Waals surface area contributed by atoms with Gasteiger partial charge in [-0.1, -0.05) is 6.07 Å². The molecule has 5 rings (SSSR count). The number of aromatic nitrogens is 2. The second-order valence-electron chi connectivity index (χ2n) is 7.52. The number of hydrogen-bond donors (Lipinski definition) is 1. The molecule has 2 aliphatic heterocycles. The van der Waals surface area contributed by atoms with Gasteiger partial charge in [-0.2, -0.15) is 4.68 Å². The van der Waals surface area contributed by atoms with Gasteiger partial charge in [0, 0.05) is 30.8 Å². The van der Waals surface area contributed by atoms with Gasteiger partial charge in [0.05, 0.1) is 4.88 Å². The normalized spacial score (nSPS) is 15.7. The number of carbonyl (C=O) groups is 2. The van der Waals surface area contributed by atoms with Gasteiger partial charge in [0.2, 0.25) is 18.6 Å². The van der Waals surface area contributed by atoms with E-state index in [0.29, 0.717) is 43.1 Å². The Hall–Kier alpha value is -3.60. The molecule has 32 heavy (non-hydrogen) atoms. The molecule has 1 saturated heterocycles. The van der Waals surface area contributed by atoms with Gasteiger partial charge in [-0.3, -0.25) is 9.59 Å². The fraction of sp³-hybridized carbons (Fsp3) is 0.333. The van der Waals surface area contributed by atoms with Gasteiger partial charge in [-0.25, -0.2) is 4.79 Å². The molecule has 0 atom stereocenters. The molecule has 0 unspecified atom stereocenters. The monoisotopic (exact) mass is 456 g/mol. The van der Waals surface area contributed by atoms with Crippen LogP contribution < -0.4 is 20.5 Å². The number of benzene rings is 1. The summed E-state index contributed by atoms with van der Waals surface area (Å²) in [5.41, 5.74) is 0.643. The van der Waals surface area contributed by atoms with E-state index < -0.39 is 5.76 Å². The van der Waals surface area contributed by atoms with Gasteiger partial charge in [0.25, 0.3) is 5.89 Å². The first-order chi connectivity index (χ1) is 15.6. The number of likely N-dealkylation sites (tertiary alicyclic amines) is 1. The highest BCUT2D eigenvalue weighted by Crippen LogP contribution is 2.34. The maximum Gasteiger partial charge on any atom is 0.437 e. The van der Waals surface area contributed by atoms with Gasteiger partial charge < -0.3 is 24.1 Å². The van der Waals surface area contributed by atoms with Crippen molar-refractivity contribution >= 4 is 28.8 Å². The average Bonchev–Trinajstić information content (AvgIpc) is 3.55. The first kappa shape index (κ1) is 20.3. The van der Waals surface area contributed by atoms with Gasteiger partial charge in [0.15, 0.2) is 11.5 Å². The number of nitrogens with one attached hydrogen (secondary N) is 1. The molecule has 0 bridgehead atoms. The van der Waals surface area contributed by atoms with E-state index in [-0.39, 0.29) is 37.0 Å². The molecular formula is C21H20N4O6S. The number of hydrogen-bond acceptors (Lipinski definition) is 8. The molecule has 2 amide bonds. The predicted octanol–water partition coefficient (Wildman–Crippen LogP) is 2.17. The summed E-state index contributed by atoms with van der Waals surface area (Å²) >= 11 is 1.40. The van der Waals surface area contributed by atoms with Crippen LogP contribution in [0.5, 0.6) is 11.5 Å². The molecule has 3 aromatic rings. The molecular weight excluding hydrogens is 436 g/mol. The van der Waals surface area contributed by atoms with Crippen LogP contribution in [0, 0.1) is 5.92 Å². The van der Waals surface area contributed by atoms with E-state index in [9.17, 15) is 14.4 Å². The Kier molecular flexibility index (Phi) is 5.39. The quantitative estimate of drug-likeness (QED) is 0.625. The second-order valence-corrected chi connectivity index (χ2v) is 8.47. The van der Waals surface area contributed by atoms with Crippen LogP contribution >= 0.6 is 11.3 Å². The van der Waals surface area contributed by atoms with Gasteiger partial charge in [-0.05, 0) is 36.4 Å². The molecule has 0 spiro atoms. The zero-order valence-corrected chi connectivity index (χ0v) is 17.8. The molecule has 11 heteroatoms. The molecule has 166 valence electrons. The first-order valence-electron chi connectivity index (χ1n) is 10.2. The van der Waals surface area contributed by atoms with Crippen molar-refractivity contribution in [3.8, 4) is 22.3 Å².